The van der Waals surface area contributed by atoms with Gasteiger partial charge in [0.2, 0.25) is 0 Å². The van der Waals surface area contributed by atoms with Gasteiger partial charge in [-0.15, -0.1) is 0 Å². The number of esters is 1. The summed E-state index contributed by atoms with van der Waals surface area (Å²) in [5, 5.41) is 0. The summed E-state index contributed by atoms with van der Waals surface area (Å²) < 4.78 is 4.61. The smallest absolute Gasteiger partial charge is 0.302 e. The standard InChI is InChI=1S/C5H10O2.Zn/c1-4(2)7-5(3)6;/h4H,1-3H3;. The van der Waals surface area contributed by atoms with E-state index >= 15 is 0 Å². The molecule has 0 radical (unpaired) electrons. The van der Waals surface area contributed by atoms with Crippen molar-refractivity contribution in [3.63, 3.8) is 0 Å². The molecular weight excluding hydrogens is 157 g/mol. The summed E-state index contributed by atoms with van der Waals surface area (Å²) in [7, 11) is 0. The van der Waals surface area contributed by atoms with Gasteiger partial charge in [0.05, 0.1) is 6.10 Å². The second-order valence-corrected chi connectivity index (χ2v) is 1.66. The first kappa shape index (κ1) is 11.0. The molecule has 0 aromatic heterocycles. The molecule has 0 aliphatic heterocycles. The normalized spacial score (nSPS) is 8.00. The van der Waals surface area contributed by atoms with Gasteiger partial charge in [-0.1, -0.05) is 0 Å². The first-order chi connectivity index (χ1) is 3.13. The molecule has 3 heteroatoms. The van der Waals surface area contributed by atoms with Crippen LogP contribution in [0.1, 0.15) is 20.8 Å². The van der Waals surface area contributed by atoms with E-state index < -0.39 is 0 Å². The van der Waals surface area contributed by atoms with Crippen molar-refractivity contribution in [3.05, 3.63) is 0 Å². The third-order valence-electron chi connectivity index (χ3n) is 0.402. The summed E-state index contributed by atoms with van der Waals surface area (Å²) in [6.45, 7) is 5.04. The van der Waals surface area contributed by atoms with E-state index in [1.807, 2.05) is 13.8 Å². The molecular formula is C5H10O2Zn. The van der Waals surface area contributed by atoms with Gasteiger partial charge in [0.15, 0.2) is 0 Å². The van der Waals surface area contributed by atoms with Gasteiger partial charge in [0, 0.05) is 26.4 Å². The minimum atomic E-state index is -0.213. The van der Waals surface area contributed by atoms with E-state index in [1.165, 1.54) is 6.92 Å². The minimum absolute atomic E-state index is 0. The van der Waals surface area contributed by atoms with Crippen molar-refractivity contribution in [1.29, 1.82) is 0 Å². The van der Waals surface area contributed by atoms with Crippen LogP contribution >= 0.6 is 0 Å². The summed E-state index contributed by atoms with van der Waals surface area (Å²) in [6.07, 6.45) is 0.0255. The van der Waals surface area contributed by atoms with Crippen LogP contribution in [0.15, 0.2) is 0 Å². The molecule has 0 atom stereocenters. The topological polar surface area (TPSA) is 26.3 Å². The van der Waals surface area contributed by atoms with E-state index in [2.05, 4.69) is 4.74 Å². The number of hydrogen-bond acceptors (Lipinski definition) is 2. The number of ether oxygens (including phenoxy) is 1. The molecule has 0 saturated heterocycles. The van der Waals surface area contributed by atoms with Crippen molar-refractivity contribution in [2.24, 2.45) is 0 Å². The first-order valence-corrected chi connectivity index (χ1v) is 2.30. The Balaban J connectivity index is 0. The monoisotopic (exact) mass is 166 g/mol. The van der Waals surface area contributed by atoms with E-state index in [9.17, 15) is 4.79 Å². The van der Waals surface area contributed by atoms with Crippen LogP contribution in [0.25, 0.3) is 0 Å². The van der Waals surface area contributed by atoms with E-state index in [0.29, 0.717) is 0 Å². The van der Waals surface area contributed by atoms with Gasteiger partial charge < -0.3 is 4.74 Å². The maximum absolute atomic E-state index is 10.0. The van der Waals surface area contributed by atoms with E-state index in [0.717, 1.165) is 0 Å². The van der Waals surface area contributed by atoms with Crippen LogP contribution in [0.5, 0.6) is 0 Å². The van der Waals surface area contributed by atoms with Crippen LogP contribution in [0.3, 0.4) is 0 Å². The van der Waals surface area contributed by atoms with Crippen LogP contribution in [0.4, 0.5) is 0 Å². The van der Waals surface area contributed by atoms with Gasteiger partial charge in [0.25, 0.3) is 0 Å². The first-order valence-electron chi connectivity index (χ1n) is 2.30. The van der Waals surface area contributed by atoms with Crippen LogP contribution in [-0.4, -0.2) is 12.1 Å². The number of rotatable bonds is 1. The molecule has 0 rings (SSSR count). The van der Waals surface area contributed by atoms with Crippen molar-refractivity contribution < 1.29 is 29.0 Å². The third kappa shape index (κ3) is 9.43. The largest absolute Gasteiger partial charge is 0.463 e. The molecule has 0 amide bonds. The zero-order chi connectivity index (χ0) is 5.86. The quantitative estimate of drug-likeness (QED) is 0.430. The van der Waals surface area contributed by atoms with E-state index in [4.69, 9.17) is 0 Å². The summed E-state index contributed by atoms with van der Waals surface area (Å²) in [5.74, 6) is -0.213. The Morgan fingerprint density at radius 2 is 1.88 bits per heavy atom. The minimum Gasteiger partial charge on any atom is -0.463 e. The predicted molar refractivity (Wildman–Crippen MR) is 26.9 cm³/mol. The average molecular weight is 168 g/mol. The van der Waals surface area contributed by atoms with Gasteiger partial charge in [-0.2, -0.15) is 0 Å². The molecule has 0 aliphatic carbocycles. The van der Waals surface area contributed by atoms with E-state index in [-0.39, 0.29) is 31.6 Å². The fourth-order valence-corrected chi connectivity index (χ4v) is 0.332. The Hall–Kier alpha value is 0.0934. The fourth-order valence-electron chi connectivity index (χ4n) is 0.332. The molecule has 0 aromatic carbocycles. The van der Waals surface area contributed by atoms with Crippen LogP contribution < -0.4 is 0 Å². The molecule has 0 saturated carbocycles. The second kappa shape index (κ2) is 5.23. The molecule has 0 heterocycles. The molecule has 8 heavy (non-hydrogen) atoms. The van der Waals surface area contributed by atoms with Crippen LogP contribution in [0.2, 0.25) is 0 Å². The number of hydrogen-bond donors (Lipinski definition) is 0. The van der Waals surface area contributed by atoms with Gasteiger partial charge >= 0.3 is 5.97 Å². The van der Waals surface area contributed by atoms with Gasteiger partial charge in [-0.25, -0.2) is 0 Å². The average Bonchev–Trinajstić information content (AvgIpc) is 1.27. The maximum atomic E-state index is 10.0. The van der Waals surface area contributed by atoms with Crippen molar-refractivity contribution in [2.75, 3.05) is 0 Å². The molecule has 0 bridgehead atoms. The Morgan fingerprint density at radius 3 is 1.88 bits per heavy atom. The Morgan fingerprint density at radius 1 is 1.50 bits per heavy atom. The van der Waals surface area contributed by atoms with Crippen molar-refractivity contribution in [1.82, 2.24) is 0 Å². The Kier molecular flexibility index (Phi) is 7.18. The molecule has 44 valence electrons. The third-order valence-corrected chi connectivity index (χ3v) is 0.402. The zero-order valence-corrected chi connectivity index (χ0v) is 8.57. The Bertz CT molecular complexity index is 70.8. The summed E-state index contributed by atoms with van der Waals surface area (Å²) in [6, 6.07) is 0. The maximum Gasteiger partial charge on any atom is 0.302 e. The van der Waals surface area contributed by atoms with E-state index in [1.54, 1.807) is 0 Å². The van der Waals surface area contributed by atoms with Gasteiger partial charge in [-0.05, 0) is 13.8 Å². The number of carbonyl (C=O) groups is 1. The number of carbonyl (C=O) groups excluding carboxylic acids is 1. The van der Waals surface area contributed by atoms with Crippen molar-refractivity contribution >= 4 is 5.97 Å². The molecule has 0 aliphatic rings. The van der Waals surface area contributed by atoms with Gasteiger partial charge in [0.1, 0.15) is 0 Å². The van der Waals surface area contributed by atoms with Crippen LogP contribution in [0, 0.1) is 0 Å². The molecule has 0 spiro atoms. The zero-order valence-electron chi connectivity index (χ0n) is 5.60. The second-order valence-electron chi connectivity index (χ2n) is 1.66. The van der Waals surface area contributed by atoms with Gasteiger partial charge in [-0.3, -0.25) is 4.79 Å². The molecule has 0 aromatic rings. The SMILES string of the molecule is CC(=O)OC(C)C.[Zn]. The van der Waals surface area contributed by atoms with Crippen LogP contribution in [-0.2, 0) is 29.0 Å². The predicted octanol–water partition coefficient (Wildman–Crippen LogP) is 0.955. The van der Waals surface area contributed by atoms with Crippen molar-refractivity contribution in [2.45, 2.75) is 26.9 Å². The fraction of sp³-hybridized carbons (Fsp3) is 0.800. The Labute approximate surface area is 62.4 Å². The summed E-state index contributed by atoms with van der Waals surface area (Å²) >= 11 is 0. The molecule has 2 nitrogen and oxygen atoms in total. The van der Waals surface area contributed by atoms with Crippen molar-refractivity contribution in [3.8, 4) is 0 Å². The molecule has 0 fully saturated rings. The summed E-state index contributed by atoms with van der Waals surface area (Å²) in [4.78, 5) is 10.0. The summed E-state index contributed by atoms with van der Waals surface area (Å²) in [5.41, 5.74) is 0. The molecule has 0 unspecified atom stereocenters. The molecule has 0 N–H and O–H groups in total.